The fourth-order valence-corrected chi connectivity index (χ4v) is 1.36. The molecule has 1 atom stereocenters. The molecule has 0 saturated heterocycles. The first kappa shape index (κ1) is 16.2. The van der Waals surface area contributed by atoms with Crippen molar-refractivity contribution in [1.29, 1.82) is 0 Å². The van der Waals surface area contributed by atoms with Crippen LogP contribution in [0, 0.1) is 5.82 Å². The predicted octanol–water partition coefficient (Wildman–Crippen LogP) is 2.74. The van der Waals surface area contributed by atoms with Gasteiger partial charge >= 0.3 is 12.2 Å². The number of carbonyl (C=O) groups is 1. The van der Waals surface area contributed by atoms with Crippen LogP contribution in [0.2, 0.25) is 0 Å². The summed E-state index contributed by atoms with van der Waals surface area (Å²) in [6.07, 6.45) is -4.97. The van der Waals surface area contributed by atoms with Crippen molar-refractivity contribution in [1.82, 2.24) is 5.32 Å². The van der Waals surface area contributed by atoms with Crippen molar-refractivity contribution in [2.45, 2.75) is 25.6 Å². The first-order valence-electron chi connectivity index (χ1n) is 5.80. The Kier molecular flexibility index (Phi) is 5.32. The van der Waals surface area contributed by atoms with Gasteiger partial charge in [0.2, 0.25) is 0 Å². The van der Waals surface area contributed by atoms with E-state index in [4.69, 9.17) is 5.11 Å². The van der Waals surface area contributed by atoms with Gasteiger partial charge in [0.05, 0.1) is 17.4 Å². The normalized spacial score (nSPS) is 12.9. The van der Waals surface area contributed by atoms with Crippen LogP contribution in [0.25, 0.3) is 0 Å². The zero-order valence-corrected chi connectivity index (χ0v) is 10.6. The summed E-state index contributed by atoms with van der Waals surface area (Å²) in [6, 6.07) is 0.896. The molecule has 1 aromatic carbocycles. The molecule has 1 unspecified atom stereocenters. The van der Waals surface area contributed by atoms with E-state index in [1.54, 1.807) is 0 Å². The molecule has 0 aliphatic heterocycles. The number of carbonyl (C=O) groups excluding carboxylic acids is 1. The molecule has 0 radical (unpaired) electrons. The number of hydrogen-bond donors (Lipinski definition) is 3. The molecule has 1 aromatic rings. The molecule has 0 saturated carbocycles. The topological polar surface area (TPSA) is 61.4 Å². The van der Waals surface area contributed by atoms with E-state index in [1.165, 1.54) is 6.92 Å². The molecular weight excluding hydrogens is 280 g/mol. The number of benzene rings is 1. The first-order chi connectivity index (χ1) is 9.20. The Morgan fingerprint density at radius 1 is 1.40 bits per heavy atom. The summed E-state index contributed by atoms with van der Waals surface area (Å²) in [5, 5.41) is 13.2. The number of aliphatic hydroxyl groups excluding tert-OH is 1. The maximum Gasteiger partial charge on any atom is 0.416 e. The van der Waals surface area contributed by atoms with Gasteiger partial charge < -0.3 is 15.7 Å². The van der Waals surface area contributed by atoms with Crippen molar-refractivity contribution in [3.63, 3.8) is 0 Å². The van der Waals surface area contributed by atoms with Crippen molar-refractivity contribution in [3.05, 3.63) is 29.6 Å². The third kappa shape index (κ3) is 5.04. The van der Waals surface area contributed by atoms with Gasteiger partial charge in [0.1, 0.15) is 5.82 Å². The van der Waals surface area contributed by atoms with Gasteiger partial charge in [-0.25, -0.2) is 9.18 Å². The molecule has 3 N–H and O–H groups in total. The van der Waals surface area contributed by atoms with Crippen molar-refractivity contribution in [2.75, 3.05) is 11.9 Å². The minimum atomic E-state index is -4.62. The first-order valence-corrected chi connectivity index (χ1v) is 5.80. The summed E-state index contributed by atoms with van der Waals surface area (Å²) in [6.45, 7) is 1.64. The average molecular weight is 294 g/mol. The Morgan fingerprint density at radius 2 is 2.05 bits per heavy atom. The lowest BCUT2D eigenvalue weighted by Gasteiger charge is -2.12. The van der Waals surface area contributed by atoms with Crippen molar-refractivity contribution in [2.24, 2.45) is 0 Å². The monoisotopic (exact) mass is 294 g/mol. The Hall–Kier alpha value is -1.83. The molecule has 0 spiro atoms. The van der Waals surface area contributed by atoms with Crippen LogP contribution < -0.4 is 10.6 Å². The lowest BCUT2D eigenvalue weighted by molar-refractivity contribution is -0.137. The largest absolute Gasteiger partial charge is 0.416 e. The van der Waals surface area contributed by atoms with Crippen molar-refractivity contribution >= 4 is 11.7 Å². The maximum atomic E-state index is 13.3. The van der Waals surface area contributed by atoms with E-state index >= 15 is 0 Å². The molecule has 0 heterocycles. The number of anilines is 1. The fraction of sp³-hybridized carbons (Fsp3) is 0.417. The summed E-state index contributed by atoms with van der Waals surface area (Å²) in [5.41, 5.74) is -1.62. The highest BCUT2D eigenvalue weighted by Crippen LogP contribution is 2.31. The molecule has 4 nitrogen and oxygen atoms in total. The number of rotatable bonds is 4. The maximum absolute atomic E-state index is 13.3. The van der Waals surface area contributed by atoms with Crippen LogP contribution in [-0.4, -0.2) is 23.8 Å². The molecule has 0 aliphatic rings. The second-order valence-electron chi connectivity index (χ2n) is 4.21. The third-order valence-electron chi connectivity index (χ3n) is 2.39. The lowest BCUT2D eigenvalue weighted by atomic mass is 10.2. The Morgan fingerprint density at radius 3 is 2.60 bits per heavy atom. The van der Waals surface area contributed by atoms with Crippen LogP contribution in [0.4, 0.5) is 28.0 Å². The minimum absolute atomic E-state index is 0.115. The number of urea groups is 1. The van der Waals surface area contributed by atoms with Gasteiger partial charge in [0.25, 0.3) is 0 Å². The highest BCUT2D eigenvalue weighted by Gasteiger charge is 2.31. The van der Waals surface area contributed by atoms with Crippen molar-refractivity contribution in [3.8, 4) is 0 Å². The summed E-state index contributed by atoms with van der Waals surface area (Å²) >= 11 is 0. The van der Waals surface area contributed by atoms with Gasteiger partial charge in [-0.15, -0.1) is 0 Å². The molecule has 0 aromatic heterocycles. The van der Waals surface area contributed by atoms with E-state index in [2.05, 4.69) is 5.32 Å². The second-order valence-corrected chi connectivity index (χ2v) is 4.21. The number of amides is 2. The number of halogens is 4. The second kappa shape index (κ2) is 6.56. The van der Waals surface area contributed by atoms with Gasteiger partial charge in [0, 0.05) is 6.54 Å². The molecule has 2 amide bonds. The molecular formula is C12H14F4N2O2. The molecule has 20 heavy (non-hydrogen) atoms. The van der Waals surface area contributed by atoms with Crippen LogP contribution in [-0.2, 0) is 6.18 Å². The van der Waals surface area contributed by atoms with E-state index in [0.29, 0.717) is 18.2 Å². The Balaban J connectivity index is 2.69. The predicted molar refractivity (Wildman–Crippen MR) is 64.7 cm³/mol. The number of alkyl halides is 3. The van der Waals surface area contributed by atoms with Crippen molar-refractivity contribution < 1.29 is 27.5 Å². The summed E-state index contributed by atoms with van der Waals surface area (Å²) in [5.74, 6) is -0.969. The van der Waals surface area contributed by atoms with E-state index < -0.39 is 35.4 Å². The van der Waals surface area contributed by atoms with Gasteiger partial charge in [-0.3, -0.25) is 0 Å². The molecule has 0 aliphatic carbocycles. The summed E-state index contributed by atoms with van der Waals surface area (Å²) in [4.78, 5) is 11.4. The molecule has 8 heteroatoms. The highest BCUT2D eigenvalue weighted by atomic mass is 19.4. The van der Waals surface area contributed by atoms with Gasteiger partial charge in [0.15, 0.2) is 0 Å². The lowest BCUT2D eigenvalue weighted by Crippen LogP contribution is -2.31. The van der Waals surface area contributed by atoms with Crippen LogP contribution >= 0.6 is 0 Å². The Bertz CT molecular complexity index is 475. The van der Waals surface area contributed by atoms with Gasteiger partial charge in [-0.2, -0.15) is 13.2 Å². The van der Waals surface area contributed by atoms with E-state index in [0.717, 1.165) is 0 Å². The quantitative estimate of drug-likeness (QED) is 0.748. The van der Waals surface area contributed by atoms with Gasteiger partial charge in [-0.05, 0) is 31.5 Å². The van der Waals surface area contributed by atoms with E-state index in [1.807, 2.05) is 5.32 Å². The average Bonchev–Trinajstić information content (AvgIpc) is 2.30. The standard InChI is InChI=1S/C12H14F4N2O2/c1-7(19)4-5-17-11(20)18-10-6-8(12(14,15)16)2-3-9(10)13/h2-3,6-7,19H,4-5H2,1H3,(H2,17,18,20). The van der Waals surface area contributed by atoms with Crippen LogP contribution in [0.5, 0.6) is 0 Å². The van der Waals surface area contributed by atoms with Gasteiger partial charge in [-0.1, -0.05) is 0 Å². The van der Waals surface area contributed by atoms with Crippen LogP contribution in [0.1, 0.15) is 18.9 Å². The number of aliphatic hydroxyl groups is 1. The number of hydrogen-bond acceptors (Lipinski definition) is 2. The molecule has 1 rings (SSSR count). The molecule has 0 fully saturated rings. The third-order valence-corrected chi connectivity index (χ3v) is 2.39. The van der Waals surface area contributed by atoms with Crippen LogP contribution in [0.15, 0.2) is 18.2 Å². The fourth-order valence-electron chi connectivity index (χ4n) is 1.36. The smallest absolute Gasteiger partial charge is 0.393 e. The summed E-state index contributed by atoms with van der Waals surface area (Å²) in [7, 11) is 0. The molecule has 112 valence electrons. The minimum Gasteiger partial charge on any atom is -0.393 e. The zero-order valence-electron chi connectivity index (χ0n) is 10.6. The zero-order chi connectivity index (χ0) is 15.3. The summed E-state index contributed by atoms with van der Waals surface area (Å²) < 4.78 is 50.7. The molecule has 0 bridgehead atoms. The van der Waals surface area contributed by atoms with E-state index in [-0.39, 0.29) is 13.0 Å². The van der Waals surface area contributed by atoms with Crippen LogP contribution in [0.3, 0.4) is 0 Å². The Labute approximate surface area is 112 Å². The van der Waals surface area contributed by atoms with E-state index in [9.17, 15) is 22.4 Å². The highest BCUT2D eigenvalue weighted by molar-refractivity contribution is 5.89. The SMILES string of the molecule is CC(O)CCNC(=O)Nc1cc(C(F)(F)F)ccc1F. The number of nitrogens with one attached hydrogen (secondary N) is 2.